The van der Waals surface area contributed by atoms with E-state index in [2.05, 4.69) is 25.7 Å². The first-order valence-corrected chi connectivity index (χ1v) is 7.54. The van der Waals surface area contributed by atoms with Gasteiger partial charge in [0.2, 0.25) is 0 Å². The van der Waals surface area contributed by atoms with Crippen LogP contribution in [0.15, 0.2) is 18.2 Å². The lowest BCUT2D eigenvalue weighted by molar-refractivity contribution is 0.0925. The second-order valence-corrected chi connectivity index (χ2v) is 5.42. The van der Waals surface area contributed by atoms with Crippen LogP contribution in [-0.2, 0) is 4.74 Å². The zero-order valence-corrected chi connectivity index (χ0v) is 13.3. The molecule has 0 saturated carbocycles. The first-order valence-electron chi connectivity index (χ1n) is 7.54. The van der Waals surface area contributed by atoms with Crippen LogP contribution in [0.2, 0.25) is 0 Å². The molecule has 0 aliphatic rings. The molecule has 0 spiro atoms. The Kier molecular flexibility index (Phi) is 8.57. The molecule has 116 valence electrons. The number of benzene rings is 1. The van der Waals surface area contributed by atoms with Gasteiger partial charge in [-0.05, 0) is 37.0 Å². The molecule has 1 rings (SSSR count). The molecular formula is C18H26O3. The van der Waals surface area contributed by atoms with Crippen molar-refractivity contribution in [3.8, 4) is 17.6 Å². The maximum Gasteiger partial charge on any atom is 0.135 e. The third-order valence-electron chi connectivity index (χ3n) is 2.92. The van der Waals surface area contributed by atoms with Crippen LogP contribution >= 0.6 is 0 Å². The number of hydrogen-bond donors (Lipinski definition) is 1. The topological polar surface area (TPSA) is 38.7 Å². The number of aryl methyl sites for hydroxylation is 1. The Bertz CT molecular complexity index is 469. The van der Waals surface area contributed by atoms with Gasteiger partial charge in [-0.1, -0.05) is 31.8 Å². The Hall–Kier alpha value is -1.50. The van der Waals surface area contributed by atoms with Crippen LogP contribution in [0.1, 0.15) is 37.8 Å². The average molecular weight is 290 g/mol. The summed E-state index contributed by atoms with van der Waals surface area (Å²) in [6, 6.07) is 5.94. The van der Waals surface area contributed by atoms with E-state index in [1.54, 1.807) is 0 Å². The second-order valence-electron chi connectivity index (χ2n) is 5.42. The summed E-state index contributed by atoms with van der Waals surface area (Å²) in [7, 11) is 0. The molecule has 1 aromatic carbocycles. The van der Waals surface area contributed by atoms with Crippen LogP contribution < -0.4 is 4.74 Å². The second kappa shape index (κ2) is 10.3. The Labute approximate surface area is 128 Å². The van der Waals surface area contributed by atoms with E-state index in [-0.39, 0.29) is 6.61 Å². The Morgan fingerprint density at radius 2 is 2.00 bits per heavy atom. The van der Waals surface area contributed by atoms with Gasteiger partial charge in [0.1, 0.15) is 12.4 Å². The highest BCUT2D eigenvalue weighted by Crippen LogP contribution is 2.19. The molecule has 0 aliphatic carbocycles. The van der Waals surface area contributed by atoms with Crippen molar-refractivity contribution in [2.75, 3.05) is 26.4 Å². The Balaban J connectivity index is 2.45. The summed E-state index contributed by atoms with van der Waals surface area (Å²) < 4.78 is 11.3. The lowest BCUT2D eigenvalue weighted by Gasteiger charge is -2.10. The van der Waals surface area contributed by atoms with Gasteiger partial charge >= 0.3 is 0 Å². The third-order valence-corrected chi connectivity index (χ3v) is 2.92. The van der Waals surface area contributed by atoms with Crippen molar-refractivity contribution in [2.24, 2.45) is 5.92 Å². The SMILES string of the molecule is Cc1ccc(OCCOCCC(C)C)c(C#CCCO)c1. The Morgan fingerprint density at radius 3 is 2.71 bits per heavy atom. The maximum absolute atomic E-state index is 8.78. The minimum Gasteiger partial charge on any atom is -0.490 e. The molecular weight excluding hydrogens is 264 g/mol. The number of aliphatic hydroxyl groups is 1. The van der Waals surface area contributed by atoms with Crippen LogP contribution in [0.25, 0.3) is 0 Å². The molecule has 0 heterocycles. The molecule has 0 bridgehead atoms. The minimum absolute atomic E-state index is 0.0820. The molecule has 3 nitrogen and oxygen atoms in total. The molecule has 3 heteroatoms. The molecule has 1 aromatic rings. The summed E-state index contributed by atoms with van der Waals surface area (Å²) in [5.74, 6) is 7.42. The van der Waals surface area contributed by atoms with E-state index < -0.39 is 0 Å². The van der Waals surface area contributed by atoms with Crippen LogP contribution in [-0.4, -0.2) is 31.5 Å². The fourth-order valence-corrected chi connectivity index (χ4v) is 1.71. The van der Waals surface area contributed by atoms with Gasteiger partial charge in [0, 0.05) is 13.0 Å². The predicted octanol–water partition coefficient (Wildman–Crippen LogP) is 3.17. The van der Waals surface area contributed by atoms with Crippen molar-refractivity contribution in [3.05, 3.63) is 29.3 Å². The number of rotatable bonds is 8. The summed E-state index contributed by atoms with van der Waals surface area (Å²) in [4.78, 5) is 0. The minimum atomic E-state index is 0.0820. The lowest BCUT2D eigenvalue weighted by atomic mass is 10.1. The monoisotopic (exact) mass is 290 g/mol. The van der Waals surface area contributed by atoms with Crippen LogP contribution in [0.4, 0.5) is 0 Å². The van der Waals surface area contributed by atoms with Crippen molar-refractivity contribution in [1.82, 2.24) is 0 Å². The van der Waals surface area contributed by atoms with E-state index in [1.165, 1.54) is 0 Å². The number of ether oxygens (including phenoxy) is 2. The standard InChI is InChI=1S/C18H26O3/c1-15(2)9-11-20-12-13-21-18-8-7-16(3)14-17(18)6-4-5-10-19/h7-8,14-15,19H,5,9-13H2,1-3H3. The quantitative estimate of drug-likeness (QED) is 0.590. The van der Waals surface area contributed by atoms with Gasteiger partial charge in [-0.15, -0.1) is 0 Å². The van der Waals surface area contributed by atoms with E-state index in [4.69, 9.17) is 14.6 Å². The smallest absolute Gasteiger partial charge is 0.135 e. The van der Waals surface area contributed by atoms with E-state index >= 15 is 0 Å². The molecule has 0 aromatic heterocycles. The summed E-state index contributed by atoms with van der Waals surface area (Å²) in [5.41, 5.74) is 2.01. The van der Waals surface area contributed by atoms with Gasteiger partial charge in [0.05, 0.1) is 18.8 Å². The highest BCUT2D eigenvalue weighted by Gasteiger charge is 2.02. The summed E-state index contributed by atoms with van der Waals surface area (Å²) >= 11 is 0. The van der Waals surface area contributed by atoms with Crippen molar-refractivity contribution in [3.63, 3.8) is 0 Å². The van der Waals surface area contributed by atoms with Crippen LogP contribution in [0.5, 0.6) is 5.75 Å². The highest BCUT2D eigenvalue weighted by atomic mass is 16.5. The lowest BCUT2D eigenvalue weighted by Crippen LogP contribution is -2.09. The molecule has 21 heavy (non-hydrogen) atoms. The van der Waals surface area contributed by atoms with E-state index in [1.807, 2.05) is 25.1 Å². The molecule has 0 atom stereocenters. The maximum atomic E-state index is 8.78. The molecule has 0 unspecified atom stereocenters. The van der Waals surface area contributed by atoms with E-state index in [0.717, 1.165) is 29.9 Å². The van der Waals surface area contributed by atoms with Gasteiger partial charge < -0.3 is 14.6 Å². The van der Waals surface area contributed by atoms with E-state index in [0.29, 0.717) is 25.6 Å². The molecule has 0 fully saturated rings. The fraction of sp³-hybridized carbons (Fsp3) is 0.556. The number of aliphatic hydroxyl groups excluding tert-OH is 1. The summed E-state index contributed by atoms with van der Waals surface area (Å²) in [6.07, 6.45) is 1.55. The average Bonchev–Trinajstić information content (AvgIpc) is 2.44. The van der Waals surface area contributed by atoms with Crippen molar-refractivity contribution in [2.45, 2.75) is 33.6 Å². The van der Waals surface area contributed by atoms with Crippen molar-refractivity contribution < 1.29 is 14.6 Å². The van der Waals surface area contributed by atoms with Crippen LogP contribution in [0.3, 0.4) is 0 Å². The summed E-state index contributed by atoms with van der Waals surface area (Å²) in [6.45, 7) is 8.36. The van der Waals surface area contributed by atoms with Gasteiger partial charge in [-0.25, -0.2) is 0 Å². The molecule has 0 saturated heterocycles. The molecule has 1 N–H and O–H groups in total. The molecule has 0 amide bonds. The van der Waals surface area contributed by atoms with E-state index in [9.17, 15) is 0 Å². The molecule has 0 aliphatic heterocycles. The first-order chi connectivity index (χ1) is 10.1. The zero-order valence-electron chi connectivity index (χ0n) is 13.3. The summed E-state index contributed by atoms with van der Waals surface area (Å²) in [5, 5.41) is 8.78. The van der Waals surface area contributed by atoms with Gasteiger partial charge in [0.25, 0.3) is 0 Å². The molecule has 0 radical (unpaired) electrons. The zero-order chi connectivity index (χ0) is 15.5. The van der Waals surface area contributed by atoms with Gasteiger partial charge in [0.15, 0.2) is 0 Å². The first kappa shape index (κ1) is 17.6. The largest absolute Gasteiger partial charge is 0.490 e. The Morgan fingerprint density at radius 1 is 1.19 bits per heavy atom. The predicted molar refractivity (Wildman–Crippen MR) is 85.5 cm³/mol. The third kappa shape index (κ3) is 7.75. The highest BCUT2D eigenvalue weighted by molar-refractivity contribution is 5.48. The normalized spacial score (nSPS) is 10.3. The van der Waals surface area contributed by atoms with Gasteiger partial charge in [-0.3, -0.25) is 0 Å². The number of hydrogen-bond acceptors (Lipinski definition) is 3. The van der Waals surface area contributed by atoms with Crippen LogP contribution in [0, 0.1) is 24.7 Å². The fourth-order valence-electron chi connectivity index (χ4n) is 1.71. The van der Waals surface area contributed by atoms with Gasteiger partial charge in [-0.2, -0.15) is 0 Å². The van der Waals surface area contributed by atoms with Crippen molar-refractivity contribution >= 4 is 0 Å². The van der Waals surface area contributed by atoms with Crippen molar-refractivity contribution in [1.29, 1.82) is 0 Å².